The zero-order chi connectivity index (χ0) is 20.7. The quantitative estimate of drug-likeness (QED) is 0.719. The Morgan fingerprint density at radius 3 is 2.29 bits per heavy atom. The van der Waals surface area contributed by atoms with E-state index in [0.717, 1.165) is 23.3 Å². The summed E-state index contributed by atoms with van der Waals surface area (Å²) in [6.07, 6.45) is 0.750. The molecule has 0 aliphatic carbocycles. The third-order valence-electron chi connectivity index (χ3n) is 4.61. The molecule has 0 bridgehead atoms. The van der Waals surface area contributed by atoms with Crippen LogP contribution in [0.2, 0.25) is 0 Å². The van der Waals surface area contributed by atoms with Crippen LogP contribution >= 0.6 is 0 Å². The van der Waals surface area contributed by atoms with Crippen molar-refractivity contribution in [3.05, 3.63) is 53.6 Å². The van der Waals surface area contributed by atoms with Gasteiger partial charge in [0.2, 0.25) is 0 Å². The highest BCUT2D eigenvalue weighted by molar-refractivity contribution is 5.78. The second-order valence-electron chi connectivity index (χ2n) is 7.68. The van der Waals surface area contributed by atoms with Gasteiger partial charge in [-0.15, -0.1) is 0 Å². The average Bonchev–Trinajstić information content (AvgIpc) is 2.69. The number of hydrogen-bond donors (Lipinski definition) is 1. The van der Waals surface area contributed by atoms with Crippen LogP contribution in [0.1, 0.15) is 51.3 Å². The Labute approximate surface area is 168 Å². The fourth-order valence-electron chi connectivity index (χ4n) is 3.08. The summed E-state index contributed by atoms with van der Waals surface area (Å²) in [6.45, 7) is 8.37. The molecule has 0 unspecified atom stereocenters. The molecule has 0 aromatic heterocycles. The normalized spacial score (nSPS) is 12.2. The largest absolute Gasteiger partial charge is 0.493 e. The van der Waals surface area contributed by atoms with Gasteiger partial charge in [0.05, 0.1) is 20.3 Å². The maximum Gasteiger partial charge on any atom is 0.258 e. The number of carbonyl (C=O) groups is 1. The van der Waals surface area contributed by atoms with Crippen molar-refractivity contribution in [3.8, 4) is 17.2 Å². The maximum absolute atomic E-state index is 12.5. The number of carbonyl (C=O) groups excluding carboxylic acids is 1. The van der Waals surface area contributed by atoms with Crippen LogP contribution in [0.25, 0.3) is 0 Å². The van der Waals surface area contributed by atoms with Gasteiger partial charge in [0.15, 0.2) is 18.1 Å². The summed E-state index contributed by atoms with van der Waals surface area (Å²) in [5, 5.41) is 3.04. The number of nitrogens with one attached hydrogen (secondary N) is 1. The van der Waals surface area contributed by atoms with Crippen molar-refractivity contribution < 1.29 is 19.0 Å². The second-order valence-corrected chi connectivity index (χ2v) is 7.68. The van der Waals surface area contributed by atoms with E-state index in [1.165, 1.54) is 0 Å². The van der Waals surface area contributed by atoms with Crippen LogP contribution in [-0.4, -0.2) is 26.7 Å². The van der Waals surface area contributed by atoms with Crippen molar-refractivity contribution in [1.82, 2.24) is 5.32 Å². The molecule has 152 valence electrons. The molecule has 5 heteroatoms. The second kappa shape index (κ2) is 9.49. The molecule has 0 radical (unpaired) electrons. The van der Waals surface area contributed by atoms with Crippen LogP contribution in [0.15, 0.2) is 42.5 Å². The molecule has 0 fully saturated rings. The predicted molar refractivity (Wildman–Crippen MR) is 111 cm³/mol. The van der Waals surface area contributed by atoms with Gasteiger partial charge in [-0.2, -0.15) is 0 Å². The summed E-state index contributed by atoms with van der Waals surface area (Å²) < 4.78 is 16.5. The summed E-state index contributed by atoms with van der Waals surface area (Å²) in [5.41, 5.74) is 1.98. The van der Waals surface area contributed by atoms with Gasteiger partial charge in [0, 0.05) is 0 Å². The summed E-state index contributed by atoms with van der Waals surface area (Å²) >= 11 is 0. The van der Waals surface area contributed by atoms with E-state index < -0.39 is 0 Å². The predicted octanol–water partition coefficient (Wildman–Crippen LogP) is 4.65. The van der Waals surface area contributed by atoms with Crippen molar-refractivity contribution >= 4 is 5.91 Å². The van der Waals surface area contributed by atoms with Crippen LogP contribution in [0.3, 0.4) is 0 Å². The maximum atomic E-state index is 12.5. The molecule has 1 N–H and O–H groups in total. The summed E-state index contributed by atoms with van der Waals surface area (Å²) in [7, 11) is 3.20. The molecule has 2 aromatic carbocycles. The summed E-state index contributed by atoms with van der Waals surface area (Å²) in [6, 6.07) is 13.4. The lowest BCUT2D eigenvalue weighted by molar-refractivity contribution is -0.123. The lowest BCUT2D eigenvalue weighted by Crippen LogP contribution is -2.32. The van der Waals surface area contributed by atoms with Crippen LogP contribution in [0.5, 0.6) is 17.2 Å². The van der Waals surface area contributed by atoms with Gasteiger partial charge in [0.25, 0.3) is 5.91 Å². The zero-order valence-electron chi connectivity index (χ0n) is 17.7. The molecule has 2 rings (SSSR count). The van der Waals surface area contributed by atoms with E-state index in [9.17, 15) is 4.79 Å². The number of benzene rings is 2. The fraction of sp³-hybridized carbons (Fsp3) is 0.435. The minimum Gasteiger partial charge on any atom is -0.493 e. The average molecular weight is 386 g/mol. The standard InChI is InChI=1S/C23H31NO4/c1-7-18(16-12-13-20(26-5)21(14-16)27-6)24-22(25)15-28-19-11-9-8-10-17(19)23(2,3)4/h8-14,18H,7,15H2,1-6H3,(H,24,25)/t18-/m1/s1. The molecule has 0 heterocycles. The molecule has 2 aromatic rings. The van der Waals surface area contributed by atoms with Crippen molar-refractivity contribution in [2.75, 3.05) is 20.8 Å². The molecule has 1 amide bonds. The third kappa shape index (κ3) is 5.41. The number of methoxy groups -OCH3 is 2. The number of rotatable bonds is 8. The first-order chi connectivity index (χ1) is 13.3. The van der Waals surface area contributed by atoms with Gasteiger partial charge in [-0.25, -0.2) is 0 Å². The monoisotopic (exact) mass is 385 g/mol. The molecule has 0 spiro atoms. The minimum atomic E-state index is -0.162. The molecular weight excluding hydrogens is 354 g/mol. The Balaban J connectivity index is 2.06. The third-order valence-corrected chi connectivity index (χ3v) is 4.61. The van der Waals surface area contributed by atoms with Crippen LogP contribution in [-0.2, 0) is 10.2 Å². The Morgan fingerprint density at radius 2 is 1.68 bits per heavy atom. The highest BCUT2D eigenvalue weighted by atomic mass is 16.5. The molecule has 0 aliphatic rings. The van der Waals surface area contributed by atoms with Crippen LogP contribution in [0.4, 0.5) is 0 Å². The lowest BCUT2D eigenvalue weighted by Gasteiger charge is -2.23. The van der Waals surface area contributed by atoms with Crippen LogP contribution in [0, 0.1) is 0 Å². The van der Waals surface area contributed by atoms with E-state index in [1.54, 1.807) is 14.2 Å². The topological polar surface area (TPSA) is 56.8 Å². The number of para-hydroxylation sites is 1. The number of ether oxygens (including phenoxy) is 3. The first-order valence-electron chi connectivity index (χ1n) is 9.53. The van der Waals surface area contributed by atoms with Gasteiger partial charge in [-0.3, -0.25) is 4.79 Å². The molecular formula is C23H31NO4. The number of hydrogen-bond acceptors (Lipinski definition) is 4. The molecule has 0 aliphatic heterocycles. The summed E-state index contributed by atoms with van der Waals surface area (Å²) in [5.74, 6) is 1.88. The van der Waals surface area contributed by atoms with E-state index in [-0.39, 0.29) is 24.0 Å². The Hall–Kier alpha value is -2.69. The molecule has 5 nitrogen and oxygen atoms in total. The SMILES string of the molecule is CC[C@@H](NC(=O)COc1ccccc1C(C)(C)C)c1ccc(OC)c(OC)c1. The van der Waals surface area contributed by atoms with Crippen LogP contribution < -0.4 is 19.5 Å². The minimum absolute atomic E-state index is 0.0309. The van der Waals surface area contributed by atoms with E-state index >= 15 is 0 Å². The van der Waals surface area contributed by atoms with Gasteiger partial charge in [0.1, 0.15) is 5.75 Å². The molecule has 1 atom stereocenters. The van der Waals surface area contributed by atoms with E-state index in [1.807, 2.05) is 49.4 Å². The van der Waals surface area contributed by atoms with Gasteiger partial charge >= 0.3 is 0 Å². The van der Waals surface area contributed by atoms with Gasteiger partial charge in [-0.05, 0) is 41.2 Å². The smallest absolute Gasteiger partial charge is 0.258 e. The fourth-order valence-corrected chi connectivity index (χ4v) is 3.08. The first-order valence-corrected chi connectivity index (χ1v) is 9.53. The van der Waals surface area contributed by atoms with Crippen molar-refractivity contribution in [3.63, 3.8) is 0 Å². The lowest BCUT2D eigenvalue weighted by atomic mass is 9.86. The van der Waals surface area contributed by atoms with E-state index in [0.29, 0.717) is 11.5 Å². The van der Waals surface area contributed by atoms with E-state index in [4.69, 9.17) is 14.2 Å². The molecule has 0 saturated heterocycles. The number of amides is 1. The van der Waals surface area contributed by atoms with Crippen molar-refractivity contribution in [2.45, 2.75) is 45.6 Å². The zero-order valence-corrected chi connectivity index (χ0v) is 17.7. The van der Waals surface area contributed by atoms with Gasteiger partial charge in [-0.1, -0.05) is 52.0 Å². The van der Waals surface area contributed by atoms with Crippen molar-refractivity contribution in [2.24, 2.45) is 0 Å². The summed E-state index contributed by atoms with van der Waals surface area (Å²) in [4.78, 5) is 12.5. The van der Waals surface area contributed by atoms with Crippen molar-refractivity contribution in [1.29, 1.82) is 0 Å². The highest BCUT2D eigenvalue weighted by Gasteiger charge is 2.20. The Morgan fingerprint density at radius 1 is 1.00 bits per heavy atom. The Kier molecular flexibility index (Phi) is 7.32. The Bertz CT molecular complexity index is 795. The van der Waals surface area contributed by atoms with Gasteiger partial charge < -0.3 is 19.5 Å². The van der Waals surface area contributed by atoms with E-state index in [2.05, 4.69) is 26.1 Å². The first kappa shape index (κ1) is 21.6. The molecule has 0 saturated carbocycles. The molecule has 28 heavy (non-hydrogen) atoms. The highest BCUT2D eigenvalue weighted by Crippen LogP contribution is 2.32.